The first-order valence-corrected chi connectivity index (χ1v) is 113. The molecule has 0 bridgehead atoms. The van der Waals surface area contributed by atoms with Crippen LogP contribution in [0.25, 0.3) is 0 Å². The van der Waals surface area contributed by atoms with Gasteiger partial charge in [-0.3, -0.25) is 0 Å². The molecule has 0 atom stereocenters. The molecule has 0 aliphatic carbocycles. The minimum atomic E-state index is -2.18. The molecule has 0 amide bonds. The second-order valence-corrected chi connectivity index (χ2v) is 128. The first-order valence-electron chi connectivity index (χ1n) is 55.9. The molecule has 0 aliphatic rings. The molecule has 0 fully saturated rings. The van der Waals surface area contributed by atoms with Gasteiger partial charge in [-0.2, -0.15) is 0 Å². The van der Waals surface area contributed by atoms with Crippen LogP contribution in [0.15, 0.2) is 65.5 Å². The van der Waals surface area contributed by atoms with Crippen molar-refractivity contribution >= 4 is 319 Å². The van der Waals surface area contributed by atoms with Crippen LogP contribution in [0.1, 0.15) is 440 Å². The fourth-order valence-electron chi connectivity index (χ4n) is 16.5. The summed E-state index contributed by atoms with van der Waals surface area (Å²) < 4.78 is 45.1. The van der Waals surface area contributed by atoms with Crippen LogP contribution in [0, 0.1) is 34.6 Å². The van der Waals surface area contributed by atoms with Crippen LogP contribution >= 0.6 is 175 Å². The van der Waals surface area contributed by atoms with Gasteiger partial charge in [0, 0.05) is 10.8 Å². The second-order valence-electron chi connectivity index (χ2n) is 38.0. The van der Waals surface area contributed by atoms with Gasteiger partial charge in [-0.25, -0.2) is 19.9 Å². The summed E-state index contributed by atoms with van der Waals surface area (Å²) in [5.41, 5.74) is 0. The zero-order chi connectivity index (χ0) is 103. The molecule has 0 N–H and O–H groups in total. The molecule has 0 saturated heterocycles. The van der Waals surface area contributed by atoms with E-state index >= 15 is 0 Å². The predicted molar refractivity (Wildman–Crippen MR) is 678 cm³/mol. The Labute approximate surface area is 971 Å². The Kier molecular flexibility index (Phi) is 117. The third-order valence-corrected chi connectivity index (χ3v) is 123. The Hall–Kier alpha value is 5.88. The first kappa shape index (κ1) is 149. The van der Waals surface area contributed by atoms with Crippen LogP contribution in [0.4, 0.5) is 0 Å². The average Bonchev–Trinajstić information content (AvgIpc) is 1.72. The summed E-state index contributed by atoms with van der Waals surface area (Å²) in [6.45, 7) is 59.5. The van der Waals surface area contributed by atoms with E-state index in [9.17, 15) is 0 Å². The number of aromatic nitrogens is 7. The van der Waals surface area contributed by atoms with Crippen LogP contribution in [0.5, 0.6) is 0 Å². The van der Waals surface area contributed by atoms with Crippen molar-refractivity contribution in [3.05, 3.63) is 90.6 Å². The summed E-state index contributed by atoms with van der Waals surface area (Å²) in [6, 6.07) is 0. The largest absolute Gasteiger partial charge is 0.249 e. The summed E-state index contributed by atoms with van der Waals surface area (Å²) in [6.07, 6.45) is 68.6. The molecular weight excluding hydrogens is 2950 g/mol. The Morgan fingerprint density at radius 1 is 0.219 bits per heavy atom. The topological polar surface area (TPSA) is 90.2 Å². The molecule has 4 radical (unpaired) electrons. The summed E-state index contributed by atoms with van der Waals surface area (Å²) in [7, 11) is 0. The van der Waals surface area contributed by atoms with Crippen LogP contribution < -0.4 is 9.50 Å². The summed E-state index contributed by atoms with van der Waals surface area (Å²) in [4.78, 5) is 30.0. The van der Waals surface area contributed by atoms with Gasteiger partial charge in [0.2, 0.25) is 0 Å². The van der Waals surface area contributed by atoms with Crippen molar-refractivity contribution in [1.29, 1.82) is 0 Å². The van der Waals surface area contributed by atoms with Crippen molar-refractivity contribution in [1.82, 2.24) is 34.9 Å². The maximum atomic E-state index is 4.95. The Bertz CT molecular complexity index is 2980. The maximum Gasteiger partial charge on any atom is 0.117 e. The number of nitrogens with zero attached hydrogens (tertiary/aromatic N) is 7. The van der Waals surface area contributed by atoms with Crippen LogP contribution in [0.2, 0.25) is 93.2 Å². The van der Waals surface area contributed by atoms with Crippen molar-refractivity contribution in [3.63, 3.8) is 0 Å². The fraction of sp³-hybridized carbons (Fsp3) is 0.809. The van der Waals surface area contributed by atoms with E-state index in [0.29, 0.717) is 0 Å². The monoisotopic (exact) mass is 3170 g/mol. The zero-order valence-electron chi connectivity index (χ0n) is 93.3. The summed E-state index contributed by atoms with van der Waals surface area (Å²) in [5.74, 6) is 0. The van der Waals surface area contributed by atoms with E-state index in [1.165, 1.54) is 298 Å². The molecule has 0 aromatic carbocycles. The predicted octanol–water partition coefficient (Wildman–Crippen LogP) is 45.8. The van der Waals surface area contributed by atoms with Gasteiger partial charge in [-0.15, -0.1) is 45.3 Å². The quantitative estimate of drug-likeness (QED) is 0.0351. The summed E-state index contributed by atoms with van der Waals surface area (Å²) in [5, 5.41) is 12.4. The molecule has 0 unspecified atom stereocenters. The molecule has 27 heteroatoms. The van der Waals surface area contributed by atoms with Gasteiger partial charge in [0.1, 0.15) is 9.21 Å². The van der Waals surface area contributed by atoms with Crippen molar-refractivity contribution in [2.45, 2.75) is 543 Å². The third kappa shape index (κ3) is 85.8. The van der Waals surface area contributed by atoms with Gasteiger partial charge >= 0.3 is 754 Å². The molecule has 137 heavy (non-hydrogen) atoms. The van der Waals surface area contributed by atoms with Crippen molar-refractivity contribution in [2.75, 3.05) is 0 Å². The maximum absolute atomic E-state index is 4.95. The molecule has 0 aliphatic heterocycles. The molecule has 0 saturated carbocycles. The standard InChI is InChI=1S/2C4H4BrNS.3C4H4NS.21C4H9.2C3HBr2NS.7Sn/c1-3-6-4(5)2-7-3;1-3-6-2-4(5)7-3;3*1-4-5-2-3-6-4;21*1-3-4-2;4-2-1-7-3(5)6-2;4-2-1-6-3(5)7-2;;;;;;;/h2*2H,1H3;3H,1H3;2*2H,1H3;21*1,3-4H2,2H3;2*1H;;;;;;;. The molecule has 7 heterocycles. The molecular formula is C110H211Br6N7S7Sn7. The van der Waals surface area contributed by atoms with Crippen LogP contribution in [0.3, 0.4) is 0 Å². The van der Waals surface area contributed by atoms with E-state index in [-0.39, 0.29) is 0 Å². The normalized spacial score (nSPS) is 11.1. The summed E-state index contributed by atoms with van der Waals surface area (Å²) >= 11 is 22.0. The van der Waals surface area contributed by atoms with Crippen LogP contribution in [-0.4, -0.2) is 169 Å². The number of unbranched alkanes of at least 4 members (excludes halogenated alkanes) is 21. The van der Waals surface area contributed by atoms with E-state index in [1.54, 1.807) is 147 Å². The SMILES string of the molecule is Brc1cnc(Br)s1.Brc1csc(Br)n1.CCC[CH2][Sn]([CH2]CCC)([CH2]CCC)[c]1cnc(C)s1.CCC[CH2][Sn]([CH2]CCC)([CH2]CCC)[c]1cnc(C)s1.CCC[CH2][Sn]([CH2]CCC)([CH2]CCC)[c]1csc(C)n1.CCC[CH2][Sn]([CH2]CCC)[CH2]CCC.CCC[CH2][Sn]([CH2]CCC)[CH2]CCC.CCC[CH2][Sn]([CH2]CCC)[CH2]CCC.CCC[CH2][Sn]([CH2]CCC)[CH2]CCC.Cc1nc(Br)cs1.Cc1ncc(Br)s1. The zero-order valence-corrected chi connectivity index (χ0v) is 129. The van der Waals surface area contributed by atoms with Gasteiger partial charge in [0.15, 0.2) is 7.83 Å². The molecule has 7 aromatic rings. The van der Waals surface area contributed by atoms with Gasteiger partial charge in [0.05, 0.1) is 30.0 Å². The van der Waals surface area contributed by atoms with Crippen molar-refractivity contribution in [2.24, 2.45) is 0 Å². The number of hydrogen-bond donors (Lipinski definition) is 0. The van der Waals surface area contributed by atoms with E-state index in [2.05, 4.69) is 309 Å². The van der Waals surface area contributed by atoms with Crippen molar-refractivity contribution < 1.29 is 0 Å². The number of hydrogen-bond acceptors (Lipinski definition) is 14. The molecule has 7 aromatic heterocycles. The Balaban J connectivity index is -0.000000722. The van der Waals surface area contributed by atoms with Gasteiger partial charge in [0.25, 0.3) is 0 Å². The number of rotatable bonds is 66. The Morgan fingerprint density at radius 2 is 0.438 bits per heavy atom. The number of halogens is 6. The van der Waals surface area contributed by atoms with Crippen molar-refractivity contribution in [3.8, 4) is 0 Å². The van der Waals surface area contributed by atoms with Gasteiger partial charge < -0.3 is 0 Å². The van der Waals surface area contributed by atoms with E-state index in [0.717, 1.165) is 34.6 Å². The number of thiazole rings is 7. The smallest absolute Gasteiger partial charge is 0.117 e. The number of aryl methyl sites for hydroxylation is 5. The molecule has 798 valence electrons. The minimum absolute atomic E-state index is 0.839. The Morgan fingerprint density at radius 3 is 0.569 bits per heavy atom. The van der Waals surface area contributed by atoms with E-state index < -0.39 is 134 Å². The molecule has 7 rings (SSSR count). The van der Waals surface area contributed by atoms with Gasteiger partial charge in [-0.1, -0.05) is 0 Å². The van der Waals surface area contributed by atoms with E-state index in [4.69, 9.17) is 4.98 Å². The third-order valence-electron chi connectivity index (χ3n) is 25.2. The van der Waals surface area contributed by atoms with E-state index in [1.807, 2.05) is 58.6 Å². The fourth-order valence-corrected chi connectivity index (χ4v) is 118. The van der Waals surface area contributed by atoms with Crippen LogP contribution in [-0.2, 0) is 0 Å². The average molecular weight is 3170 g/mol. The molecule has 7 nitrogen and oxygen atoms in total. The first-order chi connectivity index (χ1) is 66.1. The molecule has 0 spiro atoms. The second kappa shape index (κ2) is 107. The van der Waals surface area contributed by atoms with Gasteiger partial charge in [-0.05, 0) is 109 Å². The minimum Gasteiger partial charge on any atom is -0.249 e.